The Balaban J connectivity index is 1.99. The van der Waals surface area contributed by atoms with Crippen molar-refractivity contribution in [2.24, 2.45) is 5.92 Å². The lowest BCUT2D eigenvalue weighted by Crippen LogP contribution is -2.44. The predicted octanol–water partition coefficient (Wildman–Crippen LogP) is 5.19. The Bertz CT molecular complexity index is 1180. The van der Waals surface area contributed by atoms with Crippen molar-refractivity contribution >= 4 is 35.2 Å². The van der Waals surface area contributed by atoms with E-state index in [1.807, 2.05) is 30.3 Å². The number of benzene rings is 2. The Morgan fingerprint density at radius 3 is 2.40 bits per heavy atom. The zero-order chi connectivity index (χ0) is 31.1. The number of Topliss-reactive ketones (excluding diaryl/α,β-unsaturated/α-hetero) is 2. The number of unbranched alkanes of at least 4 members (excludes halogenated alkanes) is 1. The number of hydrogen-bond donors (Lipinski definition) is 3. The van der Waals surface area contributed by atoms with Gasteiger partial charge in [0, 0.05) is 42.5 Å². The first-order chi connectivity index (χ1) is 19.9. The maximum Gasteiger partial charge on any atom is 0.408 e. The molecule has 2 amide bonds. The van der Waals surface area contributed by atoms with Crippen molar-refractivity contribution in [2.75, 3.05) is 13.2 Å². The average molecular weight is 603 g/mol. The van der Waals surface area contributed by atoms with Crippen molar-refractivity contribution in [1.29, 1.82) is 0 Å². The minimum absolute atomic E-state index is 0.0355. The lowest BCUT2D eigenvalue weighted by Gasteiger charge is -2.24. The first-order valence-electron chi connectivity index (χ1n) is 14.3. The van der Waals surface area contributed by atoms with Gasteiger partial charge >= 0.3 is 6.09 Å². The predicted molar refractivity (Wildman–Crippen MR) is 161 cm³/mol. The van der Waals surface area contributed by atoms with Crippen LogP contribution < -0.4 is 15.4 Å². The van der Waals surface area contributed by atoms with Crippen LogP contribution in [0.15, 0.2) is 48.5 Å². The Hall–Kier alpha value is -3.43. The highest BCUT2D eigenvalue weighted by Crippen LogP contribution is 2.23. The summed E-state index contributed by atoms with van der Waals surface area (Å²) in [6, 6.07) is 13.7. The number of aryl methyl sites for hydroxylation is 1. The molecule has 0 radical (unpaired) electrons. The van der Waals surface area contributed by atoms with Crippen LogP contribution in [-0.2, 0) is 32.1 Å². The summed E-state index contributed by atoms with van der Waals surface area (Å²) in [4.78, 5) is 50.8. The van der Waals surface area contributed by atoms with E-state index >= 15 is 0 Å². The second-order valence-corrected chi connectivity index (χ2v) is 11.7. The molecule has 2 aromatic carbocycles. The van der Waals surface area contributed by atoms with E-state index in [0.29, 0.717) is 48.4 Å². The number of halogens is 1. The molecule has 0 bridgehead atoms. The van der Waals surface area contributed by atoms with Gasteiger partial charge in [0.05, 0.1) is 6.04 Å². The molecular weight excluding hydrogens is 560 g/mol. The van der Waals surface area contributed by atoms with Gasteiger partial charge in [-0.2, -0.15) is 0 Å². The highest BCUT2D eigenvalue weighted by Gasteiger charge is 2.27. The molecule has 3 N–H and O–H groups in total. The van der Waals surface area contributed by atoms with E-state index in [2.05, 4.69) is 10.6 Å². The van der Waals surface area contributed by atoms with Crippen molar-refractivity contribution in [2.45, 2.75) is 84.4 Å². The highest BCUT2D eigenvalue weighted by molar-refractivity contribution is 6.30. The summed E-state index contributed by atoms with van der Waals surface area (Å²) in [5.41, 5.74) is 0.892. The first-order valence-corrected chi connectivity index (χ1v) is 14.6. The van der Waals surface area contributed by atoms with E-state index in [1.54, 1.807) is 45.9 Å². The fourth-order valence-corrected chi connectivity index (χ4v) is 4.30. The summed E-state index contributed by atoms with van der Waals surface area (Å²) < 4.78 is 11.0. The molecule has 230 valence electrons. The Kier molecular flexibility index (Phi) is 14.5. The van der Waals surface area contributed by atoms with Crippen LogP contribution in [0.2, 0.25) is 5.02 Å². The van der Waals surface area contributed by atoms with Crippen molar-refractivity contribution in [1.82, 2.24) is 10.6 Å². The molecule has 10 heteroatoms. The minimum atomic E-state index is -0.821. The third-order valence-electron chi connectivity index (χ3n) is 6.33. The van der Waals surface area contributed by atoms with Crippen molar-refractivity contribution in [3.8, 4) is 5.75 Å². The number of aliphatic hydroxyl groups excluding tert-OH is 1. The Morgan fingerprint density at radius 1 is 1.02 bits per heavy atom. The molecule has 0 aliphatic carbocycles. The summed E-state index contributed by atoms with van der Waals surface area (Å²) in [6.07, 6.45) is 1.59. The van der Waals surface area contributed by atoms with Crippen LogP contribution in [0, 0.1) is 5.92 Å². The standard InChI is InChI=1S/C32H43ClN2O7/c1-22(18-28(38)27(35-31(40)42-32(2,3)4)15-13-23-10-6-5-7-11-23)30(39)34-20-24-19-25(33)14-16-29(24)41-21-26(37)12-8-9-17-36/h5-7,10-11,14,16,19,22,27,36H,8-9,12-13,15,17-18,20-21H2,1-4H3,(H,34,39)(H,35,40)/t22-,27-/m1/s1. The first kappa shape index (κ1) is 34.8. The number of ether oxygens (including phenoxy) is 2. The van der Waals surface area contributed by atoms with Gasteiger partial charge in [-0.1, -0.05) is 48.9 Å². The Labute approximate surface area is 253 Å². The topological polar surface area (TPSA) is 131 Å². The maximum absolute atomic E-state index is 13.3. The monoisotopic (exact) mass is 602 g/mol. The van der Waals surface area contributed by atoms with Gasteiger partial charge in [0.25, 0.3) is 0 Å². The van der Waals surface area contributed by atoms with Gasteiger partial charge in [0.2, 0.25) is 5.91 Å². The number of ketones is 2. The molecule has 0 aliphatic rings. The van der Waals surface area contributed by atoms with E-state index < -0.39 is 23.7 Å². The van der Waals surface area contributed by atoms with Crippen LogP contribution in [0.25, 0.3) is 0 Å². The second kappa shape index (κ2) is 17.5. The summed E-state index contributed by atoms with van der Waals surface area (Å²) in [5, 5.41) is 14.8. The summed E-state index contributed by atoms with van der Waals surface area (Å²) in [7, 11) is 0. The van der Waals surface area contributed by atoms with Crippen molar-refractivity contribution in [3.63, 3.8) is 0 Å². The van der Waals surface area contributed by atoms with Gasteiger partial charge in [0.15, 0.2) is 11.6 Å². The molecule has 0 spiro atoms. The molecule has 0 fully saturated rings. The number of carbonyl (C=O) groups excluding carboxylic acids is 4. The lowest BCUT2D eigenvalue weighted by molar-refractivity contribution is -0.129. The molecule has 0 unspecified atom stereocenters. The number of amides is 2. The van der Waals surface area contributed by atoms with E-state index in [-0.39, 0.29) is 43.7 Å². The molecule has 0 heterocycles. The van der Waals surface area contributed by atoms with E-state index in [0.717, 1.165) is 5.56 Å². The maximum atomic E-state index is 13.3. The van der Waals surface area contributed by atoms with Crippen LogP contribution >= 0.6 is 11.6 Å². The minimum Gasteiger partial charge on any atom is -0.485 e. The summed E-state index contributed by atoms with van der Waals surface area (Å²) in [5.74, 6) is -0.975. The molecule has 2 atom stereocenters. The normalized spacial score (nSPS) is 12.6. The molecule has 2 aromatic rings. The van der Waals surface area contributed by atoms with E-state index in [4.69, 9.17) is 26.2 Å². The number of hydrogen-bond acceptors (Lipinski definition) is 7. The third kappa shape index (κ3) is 13.5. The largest absolute Gasteiger partial charge is 0.485 e. The molecule has 0 saturated heterocycles. The molecule has 2 rings (SSSR count). The van der Waals surface area contributed by atoms with Crippen molar-refractivity contribution < 1.29 is 33.8 Å². The van der Waals surface area contributed by atoms with Crippen LogP contribution in [0.4, 0.5) is 4.79 Å². The van der Waals surface area contributed by atoms with Crippen LogP contribution in [0.1, 0.15) is 70.9 Å². The third-order valence-corrected chi connectivity index (χ3v) is 6.56. The van der Waals surface area contributed by atoms with Gasteiger partial charge in [-0.15, -0.1) is 0 Å². The van der Waals surface area contributed by atoms with Crippen molar-refractivity contribution in [3.05, 3.63) is 64.7 Å². The zero-order valence-electron chi connectivity index (χ0n) is 24.9. The fourth-order valence-electron chi connectivity index (χ4n) is 4.10. The van der Waals surface area contributed by atoms with E-state index in [1.165, 1.54) is 0 Å². The smallest absolute Gasteiger partial charge is 0.408 e. The van der Waals surface area contributed by atoms with Crippen LogP contribution in [0.3, 0.4) is 0 Å². The number of carbonyl (C=O) groups is 4. The lowest BCUT2D eigenvalue weighted by atomic mass is 9.95. The highest BCUT2D eigenvalue weighted by atomic mass is 35.5. The Morgan fingerprint density at radius 2 is 1.74 bits per heavy atom. The van der Waals surface area contributed by atoms with Gasteiger partial charge in [0.1, 0.15) is 18.0 Å². The number of nitrogens with one attached hydrogen (secondary N) is 2. The molecule has 42 heavy (non-hydrogen) atoms. The number of rotatable bonds is 17. The summed E-state index contributed by atoms with van der Waals surface area (Å²) >= 11 is 6.15. The number of alkyl carbamates (subject to hydrolysis) is 1. The van der Waals surface area contributed by atoms with Gasteiger partial charge in [-0.25, -0.2) is 4.79 Å². The zero-order valence-corrected chi connectivity index (χ0v) is 25.7. The molecule has 0 aromatic heterocycles. The molecular formula is C32H43ClN2O7. The summed E-state index contributed by atoms with van der Waals surface area (Å²) in [6.45, 7) is 6.87. The van der Waals surface area contributed by atoms with Gasteiger partial charge < -0.3 is 25.2 Å². The quantitative estimate of drug-likeness (QED) is 0.212. The second-order valence-electron chi connectivity index (χ2n) is 11.3. The van der Waals surface area contributed by atoms with Crippen LogP contribution in [-0.4, -0.2) is 53.5 Å². The fraction of sp³-hybridized carbons (Fsp3) is 0.500. The van der Waals surface area contributed by atoms with E-state index in [9.17, 15) is 19.2 Å². The average Bonchev–Trinajstić information content (AvgIpc) is 2.93. The molecule has 0 aliphatic heterocycles. The van der Waals surface area contributed by atoms with Gasteiger partial charge in [-0.05, 0) is 70.2 Å². The van der Waals surface area contributed by atoms with Crippen LogP contribution in [0.5, 0.6) is 5.75 Å². The number of aliphatic hydroxyl groups is 1. The molecule has 0 saturated carbocycles. The SMILES string of the molecule is C[C@H](CC(=O)[C@@H](CCc1ccccc1)NC(=O)OC(C)(C)C)C(=O)NCc1cc(Cl)ccc1OCC(=O)CCCCO. The van der Waals surface area contributed by atoms with Gasteiger partial charge in [-0.3, -0.25) is 14.4 Å². The molecule has 9 nitrogen and oxygen atoms in total.